The van der Waals surface area contributed by atoms with Crippen molar-refractivity contribution in [3.05, 3.63) is 58.4 Å². The Morgan fingerprint density at radius 1 is 1.28 bits per heavy atom. The smallest absolute Gasteiger partial charge is 0.261 e. The summed E-state index contributed by atoms with van der Waals surface area (Å²) in [5.41, 5.74) is 14.4. The van der Waals surface area contributed by atoms with Gasteiger partial charge < -0.3 is 16.2 Å². The number of fused-ring (bicyclic) bond motifs is 1. The van der Waals surface area contributed by atoms with Crippen LogP contribution < -0.4 is 16.2 Å². The zero-order valence-corrected chi connectivity index (χ0v) is 17.5. The van der Waals surface area contributed by atoms with E-state index < -0.39 is 10.1 Å². The van der Waals surface area contributed by atoms with Crippen LogP contribution in [0.15, 0.2) is 46.7 Å². The summed E-state index contributed by atoms with van der Waals surface area (Å²) in [6.45, 7) is 0. The average Bonchev–Trinajstić information content (AvgIpc) is 2.64. The zero-order chi connectivity index (χ0) is 21.6. The van der Waals surface area contributed by atoms with E-state index in [2.05, 4.69) is 15.2 Å². The Labute approximate surface area is 174 Å². The molecule has 1 aromatic heterocycles. The van der Waals surface area contributed by atoms with Gasteiger partial charge in [-0.15, -0.1) is 5.10 Å². The fraction of sp³-hybridized carbons (Fsp3) is 0.278. The van der Waals surface area contributed by atoms with Crippen LogP contribution in [0.25, 0.3) is 0 Å². The van der Waals surface area contributed by atoms with Crippen LogP contribution >= 0.6 is 11.6 Å². The molecule has 0 fully saturated rings. The Hall–Kier alpha value is -2.69. The molecule has 2 aromatic rings. The van der Waals surface area contributed by atoms with Gasteiger partial charge in [0, 0.05) is 11.2 Å². The molecule has 1 aliphatic rings. The van der Waals surface area contributed by atoms with Crippen molar-refractivity contribution in [1.29, 1.82) is 0 Å². The molecule has 156 valence electrons. The van der Waals surface area contributed by atoms with Crippen LogP contribution in [0.2, 0.25) is 5.02 Å². The lowest BCUT2D eigenvalue weighted by molar-refractivity contribution is 0.411. The molecule has 0 aliphatic heterocycles. The summed E-state index contributed by atoms with van der Waals surface area (Å²) in [5.74, 6) is 0.771. The van der Waals surface area contributed by atoms with Crippen molar-refractivity contribution in [1.82, 2.24) is 4.98 Å². The summed E-state index contributed by atoms with van der Waals surface area (Å²) in [7, 11) is -2.05. The summed E-state index contributed by atoms with van der Waals surface area (Å²) in [6, 6.07) is 9.61. The Balaban J connectivity index is 0.000000537. The maximum atomic E-state index is 9.19. The molecule has 1 aromatic carbocycles. The number of aromatic nitrogens is 1. The number of ether oxygens (including phenoxy) is 1. The molecule has 5 N–H and O–H groups in total. The lowest BCUT2D eigenvalue weighted by atomic mass is 9.81. The summed E-state index contributed by atoms with van der Waals surface area (Å²) in [5, 5.41) is 8.78. The van der Waals surface area contributed by atoms with Gasteiger partial charge in [0.1, 0.15) is 5.75 Å². The first kappa shape index (κ1) is 22.6. The number of nitrogens with two attached hydrogens (primary N) is 2. The standard InChI is InChI=1S/C17H18ClN5O.CH4O3S/c1-24-15-6-7-21-13-8-10(11-4-2-3-5-12(11)18)9-14(16(13)15)22-23-17(19)20;1-5(2,3)4/h2-7,10H,8-9H2,1H3,(H4,19,20,23);1H3,(H,2,3,4). The quantitative estimate of drug-likeness (QED) is 0.286. The van der Waals surface area contributed by atoms with E-state index in [0.717, 1.165) is 34.0 Å². The Kier molecular flexibility index (Phi) is 7.54. The van der Waals surface area contributed by atoms with E-state index in [-0.39, 0.29) is 11.9 Å². The van der Waals surface area contributed by atoms with E-state index in [0.29, 0.717) is 18.4 Å². The normalized spacial score (nSPS) is 17.0. The third-order valence-corrected chi connectivity index (χ3v) is 4.35. The molecule has 0 radical (unpaired) electrons. The van der Waals surface area contributed by atoms with Gasteiger partial charge in [-0.3, -0.25) is 9.54 Å². The van der Waals surface area contributed by atoms with Crippen molar-refractivity contribution in [3.63, 3.8) is 0 Å². The topological polar surface area (TPSA) is 153 Å². The maximum absolute atomic E-state index is 9.19. The summed E-state index contributed by atoms with van der Waals surface area (Å²) in [4.78, 5) is 4.50. The van der Waals surface area contributed by atoms with Crippen molar-refractivity contribution in [3.8, 4) is 5.75 Å². The maximum Gasteiger partial charge on any atom is 0.261 e. The fourth-order valence-electron chi connectivity index (χ4n) is 2.99. The van der Waals surface area contributed by atoms with Crippen molar-refractivity contribution in [2.45, 2.75) is 18.8 Å². The van der Waals surface area contributed by atoms with Crippen molar-refractivity contribution in [2.24, 2.45) is 21.7 Å². The molecule has 1 heterocycles. The van der Waals surface area contributed by atoms with Gasteiger partial charge in [0.2, 0.25) is 5.96 Å². The molecule has 0 amide bonds. The average molecular weight is 440 g/mol. The highest BCUT2D eigenvalue weighted by atomic mass is 35.5. The first-order chi connectivity index (χ1) is 13.6. The molecular weight excluding hydrogens is 418 g/mol. The molecule has 0 spiro atoms. The summed E-state index contributed by atoms with van der Waals surface area (Å²) in [6.07, 6.45) is 3.84. The third-order valence-electron chi connectivity index (χ3n) is 4.01. The first-order valence-electron chi connectivity index (χ1n) is 8.44. The highest BCUT2D eigenvalue weighted by Crippen LogP contribution is 2.38. The van der Waals surface area contributed by atoms with Gasteiger partial charge in [-0.2, -0.15) is 13.5 Å². The van der Waals surface area contributed by atoms with Crippen LogP contribution in [0.4, 0.5) is 0 Å². The number of nitrogens with zero attached hydrogens (tertiary/aromatic N) is 3. The van der Waals surface area contributed by atoms with Crippen molar-refractivity contribution >= 4 is 33.4 Å². The lowest BCUT2D eigenvalue weighted by Gasteiger charge is -2.26. The molecule has 11 heteroatoms. The second-order valence-electron chi connectivity index (χ2n) is 6.27. The molecule has 0 saturated carbocycles. The number of benzene rings is 1. The van der Waals surface area contributed by atoms with Crippen LogP contribution in [0.5, 0.6) is 5.75 Å². The van der Waals surface area contributed by atoms with E-state index in [4.69, 9.17) is 32.4 Å². The predicted molar refractivity (Wildman–Crippen MR) is 113 cm³/mol. The summed E-state index contributed by atoms with van der Waals surface area (Å²) >= 11 is 6.37. The molecule has 9 nitrogen and oxygen atoms in total. The largest absolute Gasteiger partial charge is 0.496 e. The Morgan fingerprint density at radius 3 is 2.52 bits per heavy atom. The van der Waals surface area contributed by atoms with E-state index in [9.17, 15) is 8.42 Å². The Bertz CT molecular complexity index is 1030. The number of rotatable bonds is 3. The van der Waals surface area contributed by atoms with Crippen LogP contribution in [-0.2, 0) is 16.5 Å². The van der Waals surface area contributed by atoms with Gasteiger partial charge in [-0.05, 0) is 36.5 Å². The van der Waals surface area contributed by atoms with Gasteiger partial charge in [-0.25, -0.2) is 0 Å². The van der Waals surface area contributed by atoms with E-state index >= 15 is 0 Å². The third kappa shape index (κ3) is 6.70. The van der Waals surface area contributed by atoms with Gasteiger partial charge in [0.25, 0.3) is 10.1 Å². The molecule has 29 heavy (non-hydrogen) atoms. The Morgan fingerprint density at radius 2 is 1.93 bits per heavy atom. The molecule has 1 atom stereocenters. The number of methoxy groups -OCH3 is 1. The lowest BCUT2D eigenvalue weighted by Crippen LogP contribution is -2.24. The highest BCUT2D eigenvalue weighted by molar-refractivity contribution is 7.85. The molecule has 0 bridgehead atoms. The fourth-order valence-corrected chi connectivity index (χ4v) is 3.28. The van der Waals surface area contributed by atoms with Crippen molar-refractivity contribution < 1.29 is 17.7 Å². The first-order valence-corrected chi connectivity index (χ1v) is 10.7. The molecule has 3 rings (SSSR count). The van der Waals surface area contributed by atoms with Crippen molar-refractivity contribution in [2.75, 3.05) is 13.4 Å². The van der Waals surface area contributed by atoms with E-state index in [1.807, 2.05) is 24.3 Å². The number of hydrogen-bond donors (Lipinski definition) is 3. The van der Waals surface area contributed by atoms with Gasteiger partial charge in [-0.1, -0.05) is 29.8 Å². The molecule has 0 saturated heterocycles. The van der Waals surface area contributed by atoms with Gasteiger partial charge in [0.15, 0.2) is 0 Å². The van der Waals surface area contributed by atoms with Crippen LogP contribution in [0.1, 0.15) is 29.2 Å². The number of guanidine groups is 1. The second-order valence-corrected chi connectivity index (χ2v) is 8.14. The monoisotopic (exact) mass is 439 g/mol. The van der Waals surface area contributed by atoms with Gasteiger partial charge in [0.05, 0.1) is 30.3 Å². The van der Waals surface area contributed by atoms with Crippen LogP contribution in [-0.4, -0.2) is 43.0 Å². The molecule has 1 aliphatic carbocycles. The SMILES string of the molecule is COc1ccnc2c1C(=NN=C(N)N)CC(c1ccccc1Cl)C2.CS(=O)(=O)O. The minimum absolute atomic E-state index is 0.0909. The van der Waals surface area contributed by atoms with Crippen LogP contribution in [0.3, 0.4) is 0 Å². The van der Waals surface area contributed by atoms with Crippen LogP contribution in [0, 0.1) is 0 Å². The number of pyridine rings is 1. The van der Waals surface area contributed by atoms with Gasteiger partial charge >= 0.3 is 0 Å². The molecule has 1 unspecified atom stereocenters. The predicted octanol–water partition coefficient (Wildman–Crippen LogP) is 1.96. The number of hydrogen-bond acceptors (Lipinski definition) is 6. The minimum atomic E-state index is -3.67. The molecular formula is C18H22ClN5O4S. The zero-order valence-electron chi connectivity index (χ0n) is 15.9. The highest BCUT2D eigenvalue weighted by Gasteiger charge is 2.29. The number of halogens is 1. The second kappa shape index (κ2) is 9.68. The summed E-state index contributed by atoms with van der Waals surface area (Å²) < 4.78 is 31.3. The van der Waals surface area contributed by atoms with E-state index in [1.54, 1.807) is 19.4 Å². The van der Waals surface area contributed by atoms with E-state index in [1.165, 1.54) is 0 Å². The minimum Gasteiger partial charge on any atom is -0.496 e.